The van der Waals surface area contributed by atoms with E-state index in [0.29, 0.717) is 33.3 Å². The first-order valence-electron chi connectivity index (χ1n) is 10.6. The van der Waals surface area contributed by atoms with Gasteiger partial charge in [0.05, 0.1) is 5.02 Å². The van der Waals surface area contributed by atoms with Crippen LogP contribution in [-0.2, 0) is 0 Å². The fraction of sp³-hybridized carbons (Fsp3) is 0. The predicted octanol–water partition coefficient (Wildman–Crippen LogP) is 7.37. The van der Waals surface area contributed by atoms with E-state index in [-0.39, 0.29) is 5.91 Å². The number of halogens is 1. The van der Waals surface area contributed by atoms with Crippen molar-refractivity contribution in [2.24, 2.45) is 10.2 Å². The molecule has 7 heteroatoms. The van der Waals surface area contributed by atoms with Gasteiger partial charge in [0.2, 0.25) is 0 Å². The van der Waals surface area contributed by atoms with Crippen LogP contribution in [0.5, 0.6) is 0 Å². The maximum atomic E-state index is 13.5. The predicted molar refractivity (Wildman–Crippen MR) is 133 cm³/mol. The molecule has 6 nitrogen and oxygen atoms in total. The summed E-state index contributed by atoms with van der Waals surface area (Å²) in [6.07, 6.45) is 3.16. The third-order valence-electron chi connectivity index (χ3n) is 5.18. The van der Waals surface area contributed by atoms with Crippen LogP contribution in [0.15, 0.2) is 120 Å². The van der Waals surface area contributed by atoms with E-state index in [0.717, 1.165) is 11.1 Å². The Morgan fingerprint density at radius 3 is 2.03 bits per heavy atom. The number of hydrogen-bond acceptors (Lipinski definition) is 5. The molecular weight excluding hydrogens is 446 g/mol. The van der Waals surface area contributed by atoms with Crippen molar-refractivity contribution in [1.82, 2.24) is 14.8 Å². The van der Waals surface area contributed by atoms with Crippen molar-refractivity contribution in [1.29, 1.82) is 0 Å². The fourth-order valence-corrected chi connectivity index (χ4v) is 3.72. The first-order chi connectivity index (χ1) is 16.7. The number of nitrogens with zero attached hydrogens (tertiary/aromatic N) is 5. The largest absolute Gasteiger partial charge is 0.278 e. The highest BCUT2D eigenvalue weighted by atomic mass is 35.5. The van der Waals surface area contributed by atoms with E-state index in [4.69, 9.17) is 16.7 Å². The van der Waals surface area contributed by atoms with E-state index in [9.17, 15) is 4.79 Å². The standard InChI is InChI=1S/C27H18ClN5O/c28-22-13-7-8-14-23(22)30-31-25-24(19-9-3-1-4-10-19)32-33(26(25)20-11-5-2-6-12-20)27(34)21-15-17-29-18-16-21/h1-18H. The van der Waals surface area contributed by atoms with Gasteiger partial charge in [-0.05, 0) is 24.3 Å². The van der Waals surface area contributed by atoms with E-state index in [2.05, 4.69) is 15.2 Å². The summed E-state index contributed by atoms with van der Waals surface area (Å²) in [5.41, 5.74) is 4.13. The Labute approximate surface area is 201 Å². The molecule has 0 saturated heterocycles. The maximum Gasteiger partial charge on any atom is 0.278 e. The second kappa shape index (κ2) is 9.60. The van der Waals surface area contributed by atoms with E-state index in [1.54, 1.807) is 36.7 Å². The van der Waals surface area contributed by atoms with Gasteiger partial charge in [-0.15, -0.1) is 10.2 Å². The second-order valence-corrected chi connectivity index (χ2v) is 7.79. The molecular formula is C27H18ClN5O. The molecule has 0 aliphatic rings. The van der Waals surface area contributed by atoms with Gasteiger partial charge >= 0.3 is 0 Å². The molecule has 0 saturated carbocycles. The molecule has 0 spiro atoms. The number of carbonyl (C=O) groups is 1. The number of aromatic nitrogens is 3. The summed E-state index contributed by atoms with van der Waals surface area (Å²) >= 11 is 6.31. The van der Waals surface area contributed by atoms with E-state index in [1.807, 2.05) is 72.8 Å². The van der Waals surface area contributed by atoms with Gasteiger partial charge in [-0.25, -0.2) is 0 Å². The maximum absolute atomic E-state index is 13.5. The van der Waals surface area contributed by atoms with Gasteiger partial charge in [-0.3, -0.25) is 9.78 Å². The number of pyridine rings is 1. The molecule has 164 valence electrons. The van der Waals surface area contributed by atoms with Crippen molar-refractivity contribution < 1.29 is 4.79 Å². The molecule has 0 amide bonds. The van der Waals surface area contributed by atoms with Gasteiger partial charge in [0.25, 0.3) is 5.91 Å². The van der Waals surface area contributed by atoms with Crippen LogP contribution in [0.2, 0.25) is 5.02 Å². The number of rotatable bonds is 5. The molecule has 2 heterocycles. The van der Waals surface area contributed by atoms with Gasteiger partial charge in [0.15, 0.2) is 0 Å². The summed E-state index contributed by atoms with van der Waals surface area (Å²) in [7, 11) is 0. The fourth-order valence-electron chi connectivity index (χ4n) is 3.55. The molecule has 0 radical (unpaired) electrons. The summed E-state index contributed by atoms with van der Waals surface area (Å²) in [6.45, 7) is 0. The molecule has 2 aromatic heterocycles. The Morgan fingerprint density at radius 1 is 0.735 bits per heavy atom. The zero-order valence-electron chi connectivity index (χ0n) is 17.9. The van der Waals surface area contributed by atoms with Crippen molar-refractivity contribution in [3.63, 3.8) is 0 Å². The molecule has 0 atom stereocenters. The average molecular weight is 464 g/mol. The molecule has 0 unspecified atom stereocenters. The van der Waals surface area contributed by atoms with Crippen LogP contribution >= 0.6 is 11.6 Å². The minimum absolute atomic E-state index is 0.294. The molecule has 0 aliphatic carbocycles. The lowest BCUT2D eigenvalue weighted by molar-refractivity contribution is 0.0947. The first-order valence-corrected chi connectivity index (χ1v) is 10.9. The molecule has 0 bridgehead atoms. The highest BCUT2D eigenvalue weighted by Crippen LogP contribution is 2.40. The highest BCUT2D eigenvalue weighted by molar-refractivity contribution is 6.32. The van der Waals surface area contributed by atoms with Gasteiger partial charge in [-0.1, -0.05) is 84.4 Å². The quantitative estimate of drug-likeness (QED) is 0.255. The zero-order valence-corrected chi connectivity index (χ0v) is 18.7. The molecule has 3 aromatic carbocycles. The van der Waals surface area contributed by atoms with Crippen LogP contribution in [0.4, 0.5) is 11.4 Å². The second-order valence-electron chi connectivity index (χ2n) is 7.38. The minimum atomic E-state index is -0.294. The molecule has 0 N–H and O–H groups in total. The Morgan fingerprint density at radius 2 is 1.35 bits per heavy atom. The van der Waals surface area contributed by atoms with Crippen LogP contribution in [-0.4, -0.2) is 20.7 Å². The van der Waals surface area contributed by atoms with Crippen LogP contribution in [0.3, 0.4) is 0 Å². The van der Waals surface area contributed by atoms with Crippen LogP contribution < -0.4 is 0 Å². The monoisotopic (exact) mass is 463 g/mol. The van der Waals surface area contributed by atoms with Crippen molar-refractivity contribution >= 4 is 28.9 Å². The third-order valence-corrected chi connectivity index (χ3v) is 5.50. The lowest BCUT2D eigenvalue weighted by atomic mass is 10.1. The zero-order chi connectivity index (χ0) is 23.3. The molecule has 0 fully saturated rings. The third kappa shape index (κ3) is 4.27. The Bertz CT molecular complexity index is 1470. The van der Waals surface area contributed by atoms with Crippen LogP contribution in [0, 0.1) is 0 Å². The van der Waals surface area contributed by atoms with Crippen molar-refractivity contribution in [3.8, 4) is 22.5 Å². The lowest BCUT2D eigenvalue weighted by Gasteiger charge is -2.07. The number of hydrogen-bond donors (Lipinski definition) is 0. The van der Waals surface area contributed by atoms with E-state index >= 15 is 0 Å². The number of carbonyl (C=O) groups excluding carboxylic acids is 1. The number of benzene rings is 3. The Kier molecular flexibility index (Phi) is 6.05. The normalized spacial score (nSPS) is 11.1. The van der Waals surface area contributed by atoms with E-state index in [1.165, 1.54) is 4.68 Å². The number of azo groups is 1. The molecule has 34 heavy (non-hydrogen) atoms. The van der Waals surface area contributed by atoms with E-state index < -0.39 is 0 Å². The van der Waals surface area contributed by atoms with Crippen LogP contribution in [0.1, 0.15) is 10.4 Å². The van der Waals surface area contributed by atoms with Gasteiger partial charge in [-0.2, -0.15) is 9.78 Å². The summed E-state index contributed by atoms with van der Waals surface area (Å²) in [5, 5.41) is 14.2. The van der Waals surface area contributed by atoms with Gasteiger partial charge in [0, 0.05) is 29.1 Å². The summed E-state index contributed by atoms with van der Waals surface area (Å²) < 4.78 is 1.38. The van der Waals surface area contributed by atoms with Crippen molar-refractivity contribution in [2.75, 3.05) is 0 Å². The minimum Gasteiger partial charge on any atom is -0.267 e. The van der Waals surface area contributed by atoms with Gasteiger partial charge < -0.3 is 0 Å². The molecule has 0 aliphatic heterocycles. The topological polar surface area (TPSA) is 72.5 Å². The average Bonchev–Trinajstić information content (AvgIpc) is 3.29. The smallest absolute Gasteiger partial charge is 0.267 e. The highest BCUT2D eigenvalue weighted by Gasteiger charge is 2.25. The SMILES string of the molecule is O=C(c1ccncc1)n1nc(-c2ccccc2)c(N=Nc2ccccc2Cl)c1-c1ccccc1. The lowest BCUT2D eigenvalue weighted by Crippen LogP contribution is -2.15. The molecule has 5 aromatic rings. The van der Waals surface area contributed by atoms with Gasteiger partial charge in [0.1, 0.15) is 22.8 Å². The van der Waals surface area contributed by atoms with Crippen molar-refractivity contribution in [3.05, 3.63) is 120 Å². The van der Waals surface area contributed by atoms with Crippen molar-refractivity contribution in [2.45, 2.75) is 0 Å². The Hall–Kier alpha value is -4.42. The summed E-state index contributed by atoms with van der Waals surface area (Å²) in [4.78, 5) is 17.6. The van der Waals surface area contributed by atoms with Crippen LogP contribution in [0.25, 0.3) is 22.5 Å². The Balaban J connectivity index is 1.77. The summed E-state index contributed by atoms with van der Waals surface area (Å²) in [5.74, 6) is -0.294. The first kappa shape index (κ1) is 21.4. The summed E-state index contributed by atoms with van der Waals surface area (Å²) in [6, 6.07) is 29.7. The molecule has 5 rings (SSSR count).